The monoisotopic (exact) mass is 567 g/mol. The molecule has 0 saturated heterocycles. The van der Waals surface area contributed by atoms with Gasteiger partial charge >= 0.3 is 0 Å². The van der Waals surface area contributed by atoms with E-state index in [1.165, 1.54) is 29.2 Å². The largest absolute Gasteiger partial charge is 0.352 e. The minimum atomic E-state index is -4.15. The van der Waals surface area contributed by atoms with Crippen molar-refractivity contribution in [2.45, 2.75) is 71.5 Å². The van der Waals surface area contributed by atoms with Crippen LogP contribution in [0.4, 0.5) is 10.1 Å². The molecule has 3 aromatic rings. The third-order valence-corrected chi connectivity index (χ3v) is 8.73. The van der Waals surface area contributed by atoms with Crippen LogP contribution in [0.2, 0.25) is 0 Å². The summed E-state index contributed by atoms with van der Waals surface area (Å²) in [5, 5.41) is 2.90. The lowest BCUT2D eigenvalue weighted by Crippen LogP contribution is -2.52. The van der Waals surface area contributed by atoms with E-state index in [9.17, 15) is 22.4 Å². The van der Waals surface area contributed by atoms with Gasteiger partial charge in [-0.05, 0) is 88.1 Å². The lowest BCUT2D eigenvalue weighted by Gasteiger charge is -2.33. The lowest BCUT2D eigenvalue weighted by molar-refractivity contribution is -0.139. The standard InChI is InChI=1S/C31H38FN3O4S/c1-7-24(5)33-31(37)25(6)34(19-26-12-14-27(32)15-13-26)30(36)20-35(29-18-22(3)8-11-23(29)4)40(38,39)28-16-9-21(2)10-17-28/h8-18,24-25H,7,19-20H2,1-6H3,(H,33,37)/t24-,25-/m1/s1. The normalized spacial score (nSPS) is 12.9. The number of nitrogens with one attached hydrogen (secondary N) is 1. The fourth-order valence-electron chi connectivity index (χ4n) is 4.17. The number of amides is 2. The number of aryl methyl sites for hydroxylation is 3. The molecule has 3 aromatic carbocycles. The first-order valence-electron chi connectivity index (χ1n) is 13.3. The van der Waals surface area contributed by atoms with Crippen LogP contribution in [0.3, 0.4) is 0 Å². The van der Waals surface area contributed by atoms with Crippen LogP contribution in [-0.4, -0.2) is 43.8 Å². The van der Waals surface area contributed by atoms with Gasteiger partial charge in [0.1, 0.15) is 18.4 Å². The molecule has 0 unspecified atom stereocenters. The molecular formula is C31H38FN3O4S. The molecule has 0 radical (unpaired) electrons. The zero-order valence-corrected chi connectivity index (χ0v) is 24.8. The number of benzene rings is 3. The van der Waals surface area contributed by atoms with Gasteiger partial charge in [-0.1, -0.05) is 48.9 Å². The van der Waals surface area contributed by atoms with Crippen molar-refractivity contribution >= 4 is 27.5 Å². The molecule has 3 rings (SSSR count). The lowest BCUT2D eigenvalue weighted by atomic mass is 10.1. The SMILES string of the molecule is CC[C@@H](C)NC(=O)[C@@H](C)N(Cc1ccc(F)cc1)C(=O)CN(c1cc(C)ccc1C)S(=O)(=O)c1ccc(C)cc1. The van der Waals surface area contributed by atoms with E-state index in [0.717, 1.165) is 15.4 Å². The molecule has 0 aromatic heterocycles. The van der Waals surface area contributed by atoms with Crippen LogP contribution in [-0.2, 0) is 26.2 Å². The number of anilines is 1. The van der Waals surface area contributed by atoms with Crippen molar-refractivity contribution in [2.75, 3.05) is 10.8 Å². The summed E-state index contributed by atoms with van der Waals surface area (Å²) in [5.74, 6) is -1.34. The molecule has 214 valence electrons. The highest BCUT2D eigenvalue weighted by Crippen LogP contribution is 2.28. The van der Waals surface area contributed by atoms with Crippen LogP contribution in [0, 0.1) is 26.6 Å². The number of carbonyl (C=O) groups excluding carboxylic acids is 2. The van der Waals surface area contributed by atoms with Gasteiger partial charge in [0.05, 0.1) is 10.6 Å². The highest BCUT2D eigenvalue weighted by atomic mass is 32.2. The molecule has 0 heterocycles. The average Bonchev–Trinajstić information content (AvgIpc) is 2.92. The van der Waals surface area contributed by atoms with Gasteiger partial charge in [-0.15, -0.1) is 0 Å². The molecule has 0 spiro atoms. The van der Waals surface area contributed by atoms with E-state index in [4.69, 9.17) is 0 Å². The van der Waals surface area contributed by atoms with Gasteiger partial charge in [0.2, 0.25) is 11.8 Å². The van der Waals surface area contributed by atoms with Crippen LogP contribution in [0.25, 0.3) is 0 Å². The van der Waals surface area contributed by atoms with Crippen molar-refractivity contribution in [1.29, 1.82) is 0 Å². The second-order valence-electron chi connectivity index (χ2n) is 10.3. The number of hydrogen-bond acceptors (Lipinski definition) is 4. The molecule has 40 heavy (non-hydrogen) atoms. The number of halogens is 1. The molecule has 0 saturated carbocycles. The third-order valence-electron chi connectivity index (χ3n) is 6.96. The number of rotatable bonds is 11. The molecule has 1 N–H and O–H groups in total. The second kappa shape index (κ2) is 13.1. The Balaban J connectivity index is 2.06. The van der Waals surface area contributed by atoms with Gasteiger partial charge in [-0.3, -0.25) is 13.9 Å². The van der Waals surface area contributed by atoms with E-state index in [2.05, 4.69) is 5.32 Å². The van der Waals surface area contributed by atoms with Crippen molar-refractivity contribution in [3.05, 3.63) is 94.8 Å². The third kappa shape index (κ3) is 7.47. The Kier molecular flexibility index (Phi) is 10.1. The molecule has 0 bridgehead atoms. The van der Waals surface area contributed by atoms with E-state index in [1.807, 2.05) is 39.8 Å². The summed E-state index contributed by atoms with van der Waals surface area (Å²) < 4.78 is 42.7. The molecule has 2 amide bonds. The second-order valence-corrected chi connectivity index (χ2v) is 12.1. The Bertz CT molecular complexity index is 1440. The maximum absolute atomic E-state index is 14.0. The van der Waals surface area contributed by atoms with E-state index < -0.39 is 34.3 Å². The number of sulfonamides is 1. The predicted molar refractivity (Wildman–Crippen MR) is 156 cm³/mol. The van der Waals surface area contributed by atoms with E-state index >= 15 is 0 Å². The molecule has 0 aliphatic heterocycles. The molecular weight excluding hydrogens is 529 g/mol. The summed E-state index contributed by atoms with van der Waals surface area (Å²) in [6.45, 7) is 10.4. The number of nitrogens with zero attached hydrogens (tertiary/aromatic N) is 2. The van der Waals surface area contributed by atoms with Gasteiger partial charge in [0.15, 0.2) is 0 Å². The smallest absolute Gasteiger partial charge is 0.264 e. The van der Waals surface area contributed by atoms with Gasteiger partial charge in [0.25, 0.3) is 10.0 Å². The van der Waals surface area contributed by atoms with Gasteiger partial charge in [0, 0.05) is 12.6 Å². The maximum atomic E-state index is 14.0. The Morgan fingerprint density at radius 3 is 2.10 bits per heavy atom. The highest BCUT2D eigenvalue weighted by molar-refractivity contribution is 7.92. The maximum Gasteiger partial charge on any atom is 0.264 e. The van der Waals surface area contributed by atoms with Crippen molar-refractivity contribution in [3.8, 4) is 0 Å². The van der Waals surface area contributed by atoms with Crippen molar-refractivity contribution in [1.82, 2.24) is 10.2 Å². The van der Waals surface area contributed by atoms with Crippen molar-refractivity contribution in [3.63, 3.8) is 0 Å². The first kappa shape index (κ1) is 30.8. The van der Waals surface area contributed by atoms with Crippen LogP contribution in [0.5, 0.6) is 0 Å². The van der Waals surface area contributed by atoms with E-state index in [0.29, 0.717) is 23.2 Å². The Labute approximate surface area is 237 Å². The van der Waals surface area contributed by atoms with Gasteiger partial charge in [-0.25, -0.2) is 12.8 Å². The quantitative estimate of drug-likeness (QED) is 0.342. The number of carbonyl (C=O) groups is 2. The summed E-state index contributed by atoms with van der Waals surface area (Å²) in [4.78, 5) is 28.5. The van der Waals surface area contributed by atoms with Crippen LogP contribution in [0.15, 0.2) is 71.6 Å². The van der Waals surface area contributed by atoms with Crippen LogP contribution >= 0.6 is 0 Å². The zero-order chi connectivity index (χ0) is 29.6. The van der Waals surface area contributed by atoms with Gasteiger partial charge in [-0.2, -0.15) is 0 Å². The summed E-state index contributed by atoms with van der Waals surface area (Å²) in [6.07, 6.45) is 0.708. The topological polar surface area (TPSA) is 86.8 Å². The molecule has 0 aliphatic carbocycles. The summed E-state index contributed by atoms with van der Waals surface area (Å²) in [6, 6.07) is 16.5. The van der Waals surface area contributed by atoms with E-state index in [1.54, 1.807) is 44.2 Å². The average molecular weight is 568 g/mol. The van der Waals surface area contributed by atoms with Crippen molar-refractivity contribution in [2.24, 2.45) is 0 Å². The summed E-state index contributed by atoms with van der Waals surface area (Å²) in [7, 11) is -4.15. The Hall–Kier alpha value is -3.72. The fraction of sp³-hybridized carbons (Fsp3) is 0.355. The zero-order valence-electron chi connectivity index (χ0n) is 23.9. The first-order chi connectivity index (χ1) is 18.8. The van der Waals surface area contributed by atoms with Gasteiger partial charge < -0.3 is 10.2 Å². The summed E-state index contributed by atoms with van der Waals surface area (Å²) in [5.41, 5.74) is 3.41. The van der Waals surface area contributed by atoms with E-state index in [-0.39, 0.29) is 23.4 Å². The van der Waals surface area contributed by atoms with Crippen molar-refractivity contribution < 1.29 is 22.4 Å². The minimum absolute atomic E-state index is 0.000571. The molecule has 7 nitrogen and oxygen atoms in total. The predicted octanol–water partition coefficient (Wildman–Crippen LogP) is 5.28. The summed E-state index contributed by atoms with van der Waals surface area (Å²) >= 11 is 0. The Morgan fingerprint density at radius 2 is 1.50 bits per heavy atom. The minimum Gasteiger partial charge on any atom is -0.352 e. The Morgan fingerprint density at radius 1 is 0.900 bits per heavy atom. The molecule has 0 fully saturated rings. The fourth-order valence-corrected chi connectivity index (χ4v) is 5.64. The molecule has 9 heteroatoms. The highest BCUT2D eigenvalue weighted by Gasteiger charge is 2.33. The molecule has 2 atom stereocenters. The first-order valence-corrected chi connectivity index (χ1v) is 14.8. The van der Waals surface area contributed by atoms with Crippen LogP contribution in [0.1, 0.15) is 49.4 Å². The number of hydrogen-bond donors (Lipinski definition) is 1. The van der Waals surface area contributed by atoms with Crippen LogP contribution < -0.4 is 9.62 Å². The molecule has 0 aliphatic rings.